The molecule has 1 N–H and O–H groups in total. The van der Waals surface area contributed by atoms with Gasteiger partial charge in [0.1, 0.15) is 6.04 Å². The molecular weight excluding hydrogens is 448 g/mol. The summed E-state index contributed by atoms with van der Waals surface area (Å²) < 4.78 is 0. The summed E-state index contributed by atoms with van der Waals surface area (Å²) in [6.07, 6.45) is 1.64. The van der Waals surface area contributed by atoms with Crippen molar-refractivity contribution in [3.8, 4) is 0 Å². The topological polar surface area (TPSA) is 66.5 Å². The fourth-order valence-electron chi connectivity index (χ4n) is 5.57. The van der Waals surface area contributed by atoms with E-state index in [1.54, 1.807) is 4.90 Å². The number of amides is 2. The first kappa shape index (κ1) is 24.0. The van der Waals surface area contributed by atoms with E-state index in [0.29, 0.717) is 5.56 Å². The Balaban J connectivity index is 1.74. The van der Waals surface area contributed by atoms with Gasteiger partial charge in [0.2, 0.25) is 11.8 Å². The molecule has 0 radical (unpaired) electrons. The van der Waals surface area contributed by atoms with Crippen molar-refractivity contribution in [3.05, 3.63) is 108 Å². The molecule has 5 rings (SSSR count). The Kier molecular flexibility index (Phi) is 6.73. The molecular formula is C31H32N2O3. The van der Waals surface area contributed by atoms with E-state index in [2.05, 4.69) is 5.32 Å². The Hall–Kier alpha value is -3.73. The molecule has 3 aromatic carbocycles. The van der Waals surface area contributed by atoms with E-state index < -0.39 is 23.9 Å². The van der Waals surface area contributed by atoms with Crippen LogP contribution in [0.3, 0.4) is 0 Å². The molecule has 0 bridgehead atoms. The number of hydrogen-bond donors (Lipinski definition) is 1. The molecule has 1 aliphatic heterocycles. The summed E-state index contributed by atoms with van der Waals surface area (Å²) >= 11 is 0. The van der Waals surface area contributed by atoms with Crippen LogP contribution in [0.2, 0.25) is 0 Å². The highest BCUT2D eigenvalue weighted by Gasteiger charge is 2.58. The number of benzene rings is 3. The van der Waals surface area contributed by atoms with Gasteiger partial charge in [0.05, 0.1) is 12.0 Å². The van der Waals surface area contributed by atoms with Crippen molar-refractivity contribution in [2.75, 3.05) is 0 Å². The van der Waals surface area contributed by atoms with Gasteiger partial charge in [-0.1, -0.05) is 91.0 Å². The summed E-state index contributed by atoms with van der Waals surface area (Å²) in [6.45, 7) is 3.83. The summed E-state index contributed by atoms with van der Waals surface area (Å²) in [5, 5.41) is 3.06. The van der Waals surface area contributed by atoms with Crippen molar-refractivity contribution >= 4 is 17.6 Å². The van der Waals surface area contributed by atoms with Crippen molar-refractivity contribution in [3.63, 3.8) is 0 Å². The Bertz CT molecular complexity index is 1220. The minimum Gasteiger partial charge on any atom is -0.352 e. The summed E-state index contributed by atoms with van der Waals surface area (Å²) in [7, 11) is 0. The van der Waals surface area contributed by atoms with E-state index >= 15 is 0 Å². The zero-order valence-electron chi connectivity index (χ0n) is 20.7. The molecule has 1 saturated heterocycles. The third-order valence-electron chi connectivity index (χ3n) is 7.23. The molecule has 2 aliphatic rings. The molecule has 4 atom stereocenters. The highest BCUT2D eigenvalue weighted by molar-refractivity contribution is 6.02. The molecule has 0 spiro atoms. The van der Waals surface area contributed by atoms with Crippen LogP contribution < -0.4 is 5.32 Å². The van der Waals surface area contributed by atoms with Crippen LogP contribution >= 0.6 is 0 Å². The van der Waals surface area contributed by atoms with E-state index in [0.717, 1.165) is 24.0 Å². The first-order valence-corrected chi connectivity index (χ1v) is 12.8. The van der Waals surface area contributed by atoms with Gasteiger partial charge < -0.3 is 10.2 Å². The molecule has 36 heavy (non-hydrogen) atoms. The molecule has 3 aromatic rings. The van der Waals surface area contributed by atoms with Gasteiger partial charge >= 0.3 is 0 Å². The number of rotatable bonds is 7. The Morgan fingerprint density at radius 3 is 1.83 bits per heavy atom. The highest BCUT2D eigenvalue weighted by Crippen LogP contribution is 2.53. The maximum atomic E-state index is 14.3. The van der Waals surface area contributed by atoms with E-state index in [1.165, 1.54) is 0 Å². The monoisotopic (exact) mass is 480 g/mol. The molecule has 184 valence electrons. The maximum absolute atomic E-state index is 14.3. The average Bonchev–Trinajstić information content (AvgIpc) is 3.69. The van der Waals surface area contributed by atoms with Crippen LogP contribution in [0, 0.1) is 11.8 Å². The van der Waals surface area contributed by atoms with Crippen molar-refractivity contribution in [1.82, 2.24) is 10.2 Å². The highest BCUT2D eigenvalue weighted by atomic mass is 16.2. The lowest BCUT2D eigenvalue weighted by molar-refractivity contribution is -0.142. The third kappa shape index (κ3) is 4.58. The average molecular weight is 481 g/mol. The Morgan fingerprint density at radius 2 is 1.31 bits per heavy atom. The van der Waals surface area contributed by atoms with Crippen molar-refractivity contribution in [1.29, 1.82) is 0 Å². The number of likely N-dealkylation sites (tertiary alicyclic amines) is 1. The number of hydrogen-bond acceptors (Lipinski definition) is 3. The molecule has 2 fully saturated rings. The fourth-order valence-corrected chi connectivity index (χ4v) is 5.57. The van der Waals surface area contributed by atoms with Gasteiger partial charge in [-0.25, -0.2) is 0 Å². The number of nitrogens with one attached hydrogen (secondary N) is 1. The zero-order chi connectivity index (χ0) is 25.2. The largest absolute Gasteiger partial charge is 0.352 e. The second-order valence-electron chi connectivity index (χ2n) is 10.2. The summed E-state index contributed by atoms with van der Waals surface area (Å²) in [5.41, 5.74) is 2.36. The van der Waals surface area contributed by atoms with Gasteiger partial charge in [0.25, 0.3) is 0 Å². The lowest BCUT2D eigenvalue weighted by Gasteiger charge is -2.32. The summed E-state index contributed by atoms with van der Waals surface area (Å²) in [5.74, 6) is -1.47. The van der Waals surface area contributed by atoms with Crippen LogP contribution in [0.15, 0.2) is 91.0 Å². The van der Waals surface area contributed by atoms with Crippen LogP contribution in [-0.2, 0) is 9.59 Å². The van der Waals surface area contributed by atoms with Gasteiger partial charge in [-0.2, -0.15) is 0 Å². The van der Waals surface area contributed by atoms with Crippen LogP contribution in [-0.4, -0.2) is 34.6 Å². The quantitative estimate of drug-likeness (QED) is 0.475. The zero-order valence-corrected chi connectivity index (χ0v) is 20.7. The minimum absolute atomic E-state index is 0.0305. The van der Waals surface area contributed by atoms with E-state index in [9.17, 15) is 14.4 Å². The van der Waals surface area contributed by atoms with Crippen molar-refractivity contribution in [2.24, 2.45) is 11.8 Å². The number of carbonyl (C=O) groups excluding carboxylic acids is 3. The SMILES string of the molecule is CC(C)NC(=O)C1C(c2ccccc2)C(C(=O)c2ccccc2)C(c2ccccc2)N1C(=O)C1CC1. The molecule has 2 amide bonds. The van der Waals surface area contributed by atoms with Gasteiger partial charge in [-0.15, -0.1) is 0 Å². The first-order chi connectivity index (χ1) is 17.5. The summed E-state index contributed by atoms with van der Waals surface area (Å²) in [6, 6.07) is 27.3. The van der Waals surface area contributed by atoms with Gasteiger partial charge in [0.15, 0.2) is 5.78 Å². The molecule has 1 heterocycles. The Labute approximate surface area is 212 Å². The van der Waals surface area contributed by atoms with Crippen LogP contribution in [0.5, 0.6) is 0 Å². The van der Waals surface area contributed by atoms with Gasteiger partial charge in [-0.3, -0.25) is 14.4 Å². The van der Waals surface area contributed by atoms with Crippen molar-refractivity contribution in [2.45, 2.75) is 50.7 Å². The predicted octanol–water partition coefficient (Wildman–Crippen LogP) is 5.16. The Morgan fingerprint density at radius 1 is 0.778 bits per heavy atom. The predicted molar refractivity (Wildman–Crippen MR) is 139 cm³/mol. The normalized spacial score (nSPS) is 23.5. The van der Waals surface area contributed by atoms with Crippen LogP contribution in [0.25, 0.3) is 0 Å². The number of carbonyl (C=O) groups is 3. The second-order valence-corrected chi connectivity index (χ2v) is 10.2. The van der Waals surface area contributed by atoms with E-state index in [4.69, 9.17) is 0 Å². The smallest absolute Gasteiger partial charge is 0.243 e. The minimum atomic E-state index is -0.786. The number of Topliss-reactive ketones (excluding diaryl/α,β-unsaturated/α-hetero) is 1. The van der Waals surface area contributed by atoms with Crippen LogP contribution in [0.1, 0.15) is 60.1 Å². The second kappa shape index (κ2) is 10.1. The standard InChI is InChI=1S/C31H32N2O3/c1-20(2)32-30(35)28-25(21-12-6-3-7-13-21)26(29(34)23-16-10-5-11-17-23)27(22-14-8-4-9-15-22)33(28)31(36)24-18-19-24/h3-17,20,24-28H,18-19H2,1-2H3,(H,32,35). The number of ketones is 1. The van der Waals surface area contributed by atoms with Crippen LogP contribution in [0.4, 0.5) is 0 Å². The molecule has 1 saturated carbocycles. The third-order valence-corrected chi connectivity index (χ3v) is 7.23. The van der Waals surface area contributed by atoms with Crippen molar-refractivity contribution < 1.29 is 14.4 Å². The number of nitrogens with zero attached hydrogens (tertiary/aromatic N) is 1. The maximum Gasteiger partial charge on any atom is 0.243 e. The lowest BCUT2D eigenvalue weighted by Crippen LogP contribution is -2.50. The van der Waals surface area contributed by atoms with E-state index in [1.807, 2.05) is 105 Å². The fraction of sp³-hybridized carbons (Fsp3) is 0.323. The molecule has 5 nitrogen and oxygen atoms in total. The van der Waals surface area contributed by atoms with Gasteiger partial charge in [0, 0.05) is 23.4 Å². The first-order valence-electron chi connectivity index (χ1n) is 12.8. The molecule has 0 aromatic heterocycles. The molecule has 1 aliphatic carbocycles. The summed E-state index contributed by atoms with van der Waals surface area (Å²) in [4.78, 5) is 43.8. The molecule has 5 heteroatoms. The van der Waals surface area contributed by atoms with E-state index in [-0.39, 0.29) is 29.6 Å². The molecule has 4 unspecified atom stereocenters. The lowest BCUT2D eigenvalue weighted by atomic mass is 9.76. The van der Waals surface area contributed by atoms with Gasteiger partial charge in [-0.05, 0) is 37.8 Å².